The lowest BCUT2D eigenvalue weighted by atomic mass is 9.75. The minimum absolute atomic E-state index is 0.0128. The fourth-order valence-corrected chi connectivity index (χ4v) is 2.14. The van der Waals surface area contributed by atoms with Crippen molar-refractivity contribution in [1.82, 2.24) is 4.98 Å². The fourth-order valence-electron chi connectivity index (χ4n) is 2.14. The Bertz CT molecular complexity index is 516. The largest absolute Gasteiger partial charge is 0.482 e. The molecule has 2 N–H and O–H groups in total. The number of amides is 1. The van der Waals surface area contributed by atoms with E-state index in [2.05, 4.69) is 9.72 Å². The van der Waals surface area contributed by atoms with E-state index in [1.807, 2.05) is 0 Å². The van der Waals surface area contributed by atoms with E-state index in [9.17, 15) is 18.0 Å². The SMILES string of the molecule is NC(=O)COC1(c2cncc(OCC(F)(F)F)c2)CCC1. The zero-order valence-electron chi connectivity index (χ0n) is 11.2. The molecule has 5 nitrogen and oxygen atoms in total. The van der Waals surface area contributed by atoms with Gasteiger partial charge in [-0.2, -0.15) is 13.2 Å². The van der Waals surface area contributed by atoms with Gasteiger partial charge in [-0.25, -0.2) is 0 Å². The summed E-state index contributed by atoms with van der Waals surface area (Å²) in [5.41, 5.74) is 4.94. The molecular formula is C13H15F3N2O3. The summed E-state index contributed by atoms with van der Waals surface area (Å²) in [7, 11) is 0. The predicted octanol–water partition coefficient (Wildman–Crippen LogP) is 1.90. The smallest absolute Gasteiger partial charge is 0.422 e. The second-order valence-electron chi connectivity index (χ2n) is 4.92. The summed E-state index contributed by atoms with van der Waals surface area (Å²) in [4.78, 5) is 14.7. The monoisotopic (exact) mass is 304 g/mol. The lowest BCUT2D eigenvalue weighted by Crippen LogP contribution is -2.39. The van der Waals surface area contributed by atoms with Gasteiger partial charge in [-0.05, 0) is 25.3 Å². The minimum Gasteiger partial charge on any atom is -0.482 e. The van der Waals surface area contributed by atoms with Crippen molar-refractivity contribution >= 4 is 5.91 Å². The number of halogens is 3. The first-order valence-corrected chi connectivity index (χ1v) is 6.38. The van der Waals surface area contributed by atoms with Crippen LogP contribution in [-0.4, -0.2) is 30.3 Å². The fraction of sp³-hybridized carbons (Fsp3) is 0.538. The number of ether oxygens (including phenoxy) is 2. The highest BCUT2D eigenvalue weighted by Crippen LogP contribution is 2.45. The number of pyridine rings is 1. The highest BCUT2D eigenvalue weighted by atomic mass is 19.4. The van der Waals surface area contributed by atoms with Crippen molar-refractivity contribution in [3.8, 4) is 5.75 Å². The van der Waals surface area contributed by atoms with E-state index in [-0.39, 0.29) is 12.4 Å². The molecular weight excluding hydrogens is 289 g/mol. The maximum Gasteiger partial charge on any atom is 0.422 e. The van der Waals surface area contributed by atoms with Crippen molar-refractivity contribution in [3.05, 3.63) is 24.0 Å². The molecule has 0 radical (unpaired) electrons. The van der Waals surface area contributed by atoms with E-state index in [4.69, 9.17) is 10.5 Å². The molecule has 0 aromatic carbocycles. The molecule has 0 bridgehead atoms. The summed E-state index contributed by atoms with van der Waals surface area (Å²) in [6, 6.07) is 1.46. The van der Waals surface area contributed by atoms with E-state index in [1.165, 1.54) is 18.5 Å². The molecule has 1 aromatic heterocycles. The van der Waals surface area contributed by atoms with Crippen LogP contribution in [-0.2, 0) is 15.1 Å². The molecule has 21 heavy (non-hydrogen) atoms. The van der Waals surface area contributed by atoms with Gasteiger partial charge in [0.2, 0.25) is 5.91 Å². The number of nitrogens with zero attached hydrogens (tertiary/aromatic N) is 1. The van der Waals surface area contributed by atoms with Crippen molar-refractivity contribution in [3.63, 3.8) is 0 Å². The third-order valence-corrected chi connectivity index (χ3v) is 3.29. The van der Waals surface area contributed by atoms with E-state index in [0.29, 0.717) is 18.4 Å². The Kier molecular flexibility index (Phi) is 4.36. The first-order valence-electron chi connectivity index (χ1n) is 6.38. The molecule has 0 unspecified atom stereocenters. The topological polar surface area (TPSA) is 74.4 Å². The number of carbonyl (C=O) groups is 1. The van der Waals surface area contributed by atoms with E-state index < -0.39 is 24.3 Å². The van der Waals surface area contributed by atoms with Crippen LogP contribution in [0.25, 0.3) is 0 Å². The molecule has 1 aliphatic carbocycles. The maximum absolute atomic E-state index is 12.1. The van der Waals surface area contributed by atoms with Crippen molar-refractivity contribution in [1.29, 1.82) is 0 Å². The number of primary amides is 1. The van der Waals surface area contributed by atoms with Gasteiger partial charge >= 0.3 is 6.18 Å². The number of hydrogen-bond donors (Lipinski definition) is 1. The average molecular weight is 304 g/mol. The molecule has 0 atom stereocenters. The molecule has 1 fully saturated rings. The Morgan fingerprint density at radius 1 is 1.38 bits per heavy atom. The van der Waals surface area contributed by atoms with Gasteiger partial charge in [-0.3, -0.25) is 9.78 Å². The molecule has 1 aromatic rings. The quantitative estimate of drug-likeness (QED) is 0.871. The van der Waals surface area contributed by atoms with Gasteiger partial charge in [0.1, 0.15) is 12.4 Å². The Labute approximate surface area is 119 Å². The molecule has 1 heterocycles. The zero-order valence-corrected chi connectivity index (χ0v) is 11.2. The van der Waals surface area contributed by atoms with Crippen molar-refractivity contribution in [2.75, 3.05) is 13.2 Å². The van der Waals surface area contributed by atoms with E-state index in [1.54, 1.807) is 0 Å². The summed E-state index contributed by atoms with van der Waals surface area (Å²) in [5, 5.41) is 0. The summed E-state index contributed by atoms with van der Waals surface area (Å²) in [6.45, 7) is -1.62. The lowest BCUT2D eigenvalue weighted by Gasteiger charge is -2.41. The van der Waals surface area contributed by atoms with Gasteiger partial charge in [0, 0.05) is 11.8 Å². The number of carbonyl (C=O) groups excluding carboxylic acids is 1. The van der Waals surface area contributed by atoms with Crippen LogP contribution in [0.15, 0.2) is 18.5 Å². The summed E-state index contributed by atoms with van der Waals surface area (Å²) in [6.07, 6.45) is 0.505. The summed E-state index contributed by atoms with van der Waals surface area (Å²) >= 11 is 0. The van der Waals surface area contributed by atoms with Crippen LogP contribution >= 0.6 is 0 Å². The molecule has 1 amide bonds. The summed E-state index contributed by atoms with van der Waals surface area (Å²) in [5.74, 6) is -0.586. The molecule has 2 rings (SSSR count). The molecule has 0 saturated heterocycles. The number of alkyl halides is 3. The Morgan fingerprint density at radius 3 is 2.62 bits per heavy atom. The molecule has 1 aliphatic rings. The number of aromatic nitrogens is 1. The Balaban J connectivity index is 2.10. The predicted molar refractivity (Wildman–Crippen MR) is 66.5 cm³/mol. The van der Waals surface area contributed by atoms with Gasteiger partial charge in [0.05, 0.1) is 11.8 Å². The Hall–Kier alpha value is -1.83. The average Bonchev–Trinajstić information content (AvgIpc) is 2.34. The zero-order chi connectivity index (χ0) is 15.5. The van der Waals surface area contributed by atoms with Gasteiger partial charge in [0.15, 0.2) is 6.61 Å². The van der Waals surface area contributed by atoms with Crippen LogP contribution in [0.2, 0.25) is 0 Å². The Morgan fingerprint density at radius 2 is 2.10 bits per heavy atom. The van der Waals surface area contributed by atoms with Crippen molar-refractivity contribution in [2.24, 2.45) is 5.73 Å². The summed E-state index contributed by atoms with van der Waals surface area (Å²) < 4.78 is 46.6. The second-order valence-corrected chi connectivity index (χ2v) is 4.92. The number of rotatable bonds is 6. The molecule has 116 valence electrons. The van der Waals surface area contributed by atoms with Crippen LogP contribution in [0.1, 0.15) is 24.8 Å². The molecule has 0 aliphatic heterocycles. The van der Waals surface area contributed by atoms with Crippen LogP contribution in [0.5, 0.6) is 5.75 Å². The normalized spacial score (nSPS) is 17.1. The number of hydrogen-bond acceptors (Lipinski definition) is 4. The molecule has 8 heteroatoms. The maximum atomic E-state index is 12.1. The highest BCUT2D eigenvalue weighted by Gasteiger charge is 2.41. The van der Waals surface area contributed by atoms with E-state index >= 15 is 0 Å². The van der Waals surface area contributed by atoms with Crippen LogP contribution < -0.4 is 10.5 Å². The first kappa shape index (κ1) is 15.6. The molecule has 0 spiro atoms. The third-order valence-electron chi connectivity index (χ3n) is 3.29. The standard InChI is InChI=1S/C13H15F3N2O3/c14-13(15,16)8-20-10-4-9(5-18-6-10)12(2-1-3-12)21-7-11(17)19/h4-6H,1-3,7-8H2,(H2,17,19). The minimum atomic E-state index is -4.41. The van der Waals surface area contributed by atoms with E-state index in [0.717, 1.165) is 6.42 Å². The van der Waals surface area contributed by atoms with Gasteiger partial charge in [0.25, 0.3) is 0 Å². The lowest BCUT2D eigenvalue weighted by molar-refractivity contribution is -0.153. The van der Waals surface area contributed by atoms with Crippen molar-refractivity contribution in [2.45, 2.75) is 31.0 Å². The van der Waals surface area contributed by atoms with Crippen LogP contribution in [0, 0.1) is 0 Å². The van der Waals surface area contributed by atoms with Crippen LogP contribution in [0.3, 0.4) is 0 Å². The van der Waals surface area contributed by atoms with Gasteiger partial charge in [-0.1, -0.05) is 0 Å². The van der Waals surface area contributed by atoms with Gasteiger partial charge in [-0.15, -0.1) is 0 Å². The first-order chi connectivity index (χ1) is 9.81. The third kappa shape index (κ3) is 4.07. The van der Waals surface area contributed by atoms with Crippen molar-refractivity contribution < 1.29 is 27.4 Å². The number of nitrogens with two attached hydrogens (primary N) is 1. The van der Waals surface area contributed by atoms with Gasteiger partial charge < -0.3 is 15.2 Å². The highest BCUT2D eigenvalue weighted by molar-refractivity contribution is 5.75. The van der Waals surface area contributed by atoms with Crippen LogP contribution in [0.4, 0.5) is 13.2 Å². The second kappa shape index (κ2) is 5.88. The molecule has 1 saturated carbocycles.